The van der Waals surface area contributed by atoms with Gasteiger partial charge in [0.15, 0.2) is 5.65 Å². The summed E-state index contributed by atoms with van der Waals surface area (Å²) >= 11 is 0. The van der Waals surface area contributed by atoms with Gasteiger partial charge in [-0.25, -0.2) is 0 Å². The van der Waals surface area contributed by atoms with Crippen LogP contribution in [0.1, 0.15) is 17.0 Å². The molecule has 0 amide bonds. The lowest BCUT2D eigenvalue weighted by atomic mass is 10.1. The topological polar surface area (TPSA) is 56.2 Å². The highest BCUT2D eigenvalue weighted by Crippen LogP contribution is 2.35. The summed E-state index contributed by atoms with van der Waals surface area (Å²) in [6, 6.07) is 0. The van der Waals surface area contributed by atoms with Crippen molar-refractivity contribution in [1.82, 2.24) is 14.6 Å². The normalized spacial score (nSPS) is 12.3. The van der Waals surface area contributed by atoms with Crippen LogP contribution in [0, 0.1) is 13.8 Å². The maximum Gasteiger partial charge on any atom is 0.418 e. The van der Waals surface area contributed by atoms with E-state index in [4.69, 9.17) is 5.73 Å². The summed E-state index contributed by atoms with van der Waals surface area (Å²) in [4.78, 5) is 0. The zero-order valence-electron chi connectivity index (χ0n) is 8.63. The second-order valence-corrected chi connectivity index (χ2v) is 3.52. The van der Waals surface area contributed by atoms with Crippen molar-refractivity contribution >= 4 is 11.3 Å². The number of halogens is 3. The van der Waals surface area contributed by atoms with Gasteiger partial charge in [0.2, 0.25) is 0 Å². The standard InChI is InChI=1S/C9H9F3N4/c1-4-6(9(10,11)12)3-16-5(2)14-15-8(16)7(4)13/h3H,13H2,1-2H3. The molecule has 16 heavy (non-hydrogen) atoms. The van der Waals surface area contributed by atoms with Crippen LogP contribution in [0.5, 0.6) is 0 Å². The number of anilines is 1. The van der Waals surface area contributed by atoms with Crippen molar-refractivity contribution in [1.29, 1.82) is 0 Å². The van der Waals surface area contributed by atoms with Crippen LogP contribution >= 0.6 is 0 Å². The smallest absolute Gasteiger partial charge is 0.395 e. The van der Waals surface area contributed by atoms with Crippen LogP contribution in [0.25, 0.3) is 5.65 Å². The molecule has 0 aliphatic heterocycles. The van der Waals surface area contributed by atoms with Crippen LogP contribution in [0.4, 0.5) is 18.9 Å². The van der Waals surface area contributed by atoms with Gasteiger partial charge in [-0.05, 0) is 19.4 Å². The predicted octanol–water partition coefficient (Wildman–Crippen LogP) is 1.95. The summed E-state index contributed by atoms with van der Waals surface area (Å²) in [6.07, 6.45) is -3.46. The summed E-state index contributed by atoms with van der Waals surface area (Å²) < 4.78 is 39.3. The van der Waals surface area contributed by atoms with Crippen molar-refractivity contribution in [2.24, 2.45) is 0 Å². The second-order valence-electron chi connectivity index (χ2n) is 3.52. The highest BCUT2D eigenvalue weighted by atomic mass is 19.4. The summed E-state index contributed by atoms with van der Waals surface area (Å²) in [5.41, 5.74) is 5.08. The Labute approximate surface area is 88.9 Å². The van der Waals surface area contributed by atoms with E-state index < -0.39 is 11.7 Å². The molecule has 0 spiro atoms. The van der Waals surface area contributed by atoms with Crippen LogP contribution in [-0.4, -0.2) is 14.6 Å². The van der Waals surface area contributed by atoms with Gasteiger partial charge < -0.3 is 5.73 Å². The third-order valence-corrected chi connectivity index (χ3v) is 2.48. The number of alkyl halides is 3. The van der Waals surface area contributed by atoms with E-state index in [1.807, 2.05) is 0 Å². The fraction of sp³-hybridized carbons (Fsp3) is 0.333. The Morgan fingerprint density at radius 3 is 2.44 bits per heavy atom. The molecule has 0 aromatic carbocycles. The van der Waals surface area contributed by atoms with E-state index in [0.717, 1.165) is 6.20 Å². The Morgan fingerprint density at radius 1 is 1.25 bits per heavy atom. The first-order valence-corrected chi connectivity index (χ1v) is 4.50. The molecule has 0 radical (unpaired) electrons. The molecule has 0 atom stereocenters. The number of pyridine rings is 1. The molecule has 2 aromatic rings. The van der Waals surface area contributed by atoms with E-state index in [-0.39, 0.29) is 16.9 Å². The van der Waals surface area contributed by atoms with Crippen LogP contribution in [0.15, 0.2) is 6.20 Å². The van der Waals surface area contributed by atoms with E-state index in [9.17, 15) is 13.2 Å². The molecular weight excluding hydrogens is 221 g/mol. The Hall–Kier alpha value is -1.79. The Kier molecular flexibility index (Phi) is 2.08. The lowest BCUT2D eigenvalue weighted by Gasteiger charge is -2.13. The number of rotatable bonds is 0. The molecule has 7 heteroatoms. The first-order chi connectivity index (χ1) is 7.32. The molecule has 2 heterocycles. The van der Waals surface area contributed by atoms with Gasteiger partial charge in [-0.2, -0.15) is 13.2 Å². The van der Waals surface area contributed by atoms with Crippen molar-refractivity contribution in [3.8, 4) is 0 Å². The Balaban J connectivity index is 2.87. The highest BCUT2D eigenvalue weighted by molar-refractivity contribution is 5.70. The molecule has 0 saturated carbocycles. The zero-order chi connectivity index (χ0) is 12.1. The number of nitrogens with two attached hydrogens (primary N) is 1. The largest absolute Gasteiger partial charge is 0.418 e. The molecule has 86 valence electrons. The van der Waals surface area contributed by atoms with Crippen molar-refractivity contribution in [3.63, 3.8) is 0 Å². The summed E-state index contributed by atoms with van der Waals surface area (Å²) in [7, 11) is 0. The summed E-state index contributed by atoms with van der Waals surface area (Å²) in [5.74, 6) is 0.368. The van der Waals surface area contributed by atoms with E-state index >= 15 is 0 Å². The van der Waals surface area contributed by atoms with E-state index in [2.05, 4.69) is 10.2 Å². The van der Waals surface area contributed by atoms with Gasteiger partial charge in [0.05, 0.1) is 11.3 Å². The van der Waals surface area contributed by atoms with E-state index in [1.54, 1.807) is 6.92 Å². The highest BCUT2D eigenvalue weighted by Gasteiger charge is 2.34. The molecule has 0 aliphatic carbocycles. The third kappa shape index (κ3) is 1.39. The molecule has 0 fully saturated rings. The number of aryl methyl sites for hydroxylation is 1. The lowest BCUT2D eigenvalue weighted by molar-refractivity contribution is -0.138. The molecular formula is C9H9F3N4. The summed E-state index contributed by atoms with van der Waals surface area (Å²) in [5, 5.41) is 7.41. The first-order valence-electron chi connectivity index (χ1n) is 4.50. The maximum atomic E-state index is 12.7. The van der Waals surface area contributed by atoms with E-state index in [1.165, 1.54) is 11.3 Å². The molecule has 0 saturated heterocycles. The molecule has 4 nitrogen and oxygen atoms in total. The number of nitrogen functional groups attached to an aromatic ring is 1. The van der Waals surface area contributed by atoms with Gasteiger partial charge in [0, 0.05) is 6.20 Å². The quantitative estimate of drug-likeness (QED) is 0.752. The van der Waals surface area contributed by atoms with Crippen LogP contribution in [-0.2, 0) is 6.18 Å². The first kappa shape index (κ1) is 10.7. The minimum absolute atomic E-state index is 0.00965. The Morgan fingerprint density at radius 2 is 1.88 bits per heavy atom. The Bertz CT molecular complexity index is 556. The van der Waals surface area contributed by atoms with Crippen molar-refractivity contribution in [2.75, 3.05) is 5.73 Å². The fourth-order valence-corrected chi connectivity index (χ4v) is 1.53. The average Bonchev–Trinajstić information content (AvgIpc) is 2.52. The minimum Gasteiger partial charge on any atom is -0.395 e. The molecule has 0 bridgehead atoms. The van der Waals surface area contributed by atoms with E-state index in [0.29, 0.717) is 5.82 Å². The lowest BCUT2D eigenvalue weighted by Crippen LogP contribution is -2.12. The van der Waals surface area contributed by atoms with Crippen LogP contribution < -0.4 is 5.73 Å². The number of aromatic nitrogens is 3. The van der Waals surface area contributed by atoms with Crippen molar-refractivity contribution in [2.45, 2.75) is 20.0 Å². The fourth-order valence-electron chi connectivity index (χ4n) is 1.53. The van der Waals surface area contributed by atoms with Gasteiger partial charge in [-0.15, -0.1) is 10.2 Å². The van der Waals surface area contributed by atoms with Crippen molar-refractivity contribution < 1.29 is 13.2 Å². The molecule has 0 unspecified atom stereocenters. The monoisotopic (exact) mass is 230 g/mol. The average molecular weight is 230 g/mol. The van der Waals surface area contributed by atoms with Gasteiger partial charge in [0.25, 0.3) is 0 Å². The molecule has 2 aromatic heterocycles. The van der Waals surface area contributed by atoms with Gasteiger partial charge in [0.1, 0.15) is 5.82 Å². The van der Waals surface area contributed by atoms with Gasteiger partial charge in [-0.1, -0.05) is 0 Å². The number of hydrogen-bond donors (Lipinski definition) is 1. The molecule has 0 aliphatic rings. The van der Waals surface area contributed by atoms with Crippen LogP contribution in [0.3, 0.4) is 0 Å². The van der Waals surface area contributed by atoms with Gasteiger partial charge in [-0.3, -0.25) is 4.40 Å². The zero-order valence-corrected chi connectivity index (χ0v) is 8.63. The predicted molar refractivity (Wildman–Crippen MR) is 51.9 cm³/mol. The molecule has 2 N–H and O–H groups in total. The third-order valence-electron chi connectivity index (χ3n) is 2.48. The maximum absolute atomic E-state index is 12.7. The number of fused-ring (bicyclic) bond motifs is 1. The van der Waals surface area contributed by atoms with Gasteiger partial charge >= 0.3 is 6.18 Å². The number of hydrogen-bond acceptors (Lipinski definition) is 3. The summed E-state index contributed by atoms with van der Waals surface area (Å²) in [6.45, 7) is 2.89. The SMILES string of the molecule is Cc1c(C(F)(F)F)cn2c(C)nnc2c1N. The molecule has 2 rings (SSSR count). The van der Waals surface area contributed by atoms with Crippen molar-refractivity contribution in [3.05, 3.63) is 23.1 Å². The number of nitrogens with zero attached hydrogens (tertiary/aromatic N) is 3. The minimum atomic E-state index is -4.43. The second kappa shape index (κ2) is 3.10. The van der Waals surface area contributed by atoms with Crippen LogP contribution in [0.2, 0.25) is 0 Å².